The van der Waals surface area contributed by atoms with Crippen LogP contribution in [0, 0.1) is 25.0 Å². The van der Waals surface area contributed by atoms with Gasteiger partial charge in [-0.1, -0.05) is 48.6 Å². The fourth-order valence-electron chi connectivity index (χ4n) is 4.60. The number of H-pyrrole nitrogens is 1. The molecule has 2 aliphatic rings. The largest absolute Gasteiger partial charge is 0.622 e. The van der Waals surface area contributed by atoms with Gasteiger partial charge in [0.05, 0.1) is 11.4 Å². The van der Waals surface area contributed by atoms with Crippen LogP contribution in [-0.2, 0) is 4.74 Å². The number of allylic oxidation sites excluding steroid dienone is 4. The minimum absolute atomic E-state index is 0.0693. The topological polar surface area (TPSA) is 80.2 Å². The van der Waals surface area contributed by atoms with E-state index in [1.807, 2.05) is 43.3 Å². The van der Waals surface area contributed by atoms with Gasteiger partial charge < -0.3 is 14.9 Å². The first-order valence-electron chi connectivity index (χ1n) is 10.8. The molecule has 1 aromatic heterocycles. The minimum atomic E-state index is -0.784. The van der Waals surface area contributed by atoms with Crippen molar-refractivity contribution in [2.75, 3.05) is 6.61 Å². The van der Waals surface area contributed by atoms with Crippen LogP contribution in [0.2, 0.25) is 0 Å². The maximum Gasteiger partial charge on any atom is 0.273 e. The molecule has 3 aromatic rings. The van der Waals surface area contributed by atoms with Crippen LogP contribution >= 0.6 is 0 Å². The van der Waals surface area contributed by atoms with Gasteiger partial charge in [-0.05, 0) is 49.6 Å². The molecular weight excluding hydrogens is 402 g/mol. The van der Waals surface area contributed by atoms with Crippen molar-refractivity contribution in [1.82, 2.24) is 10.3 Å². The van der Waals surface area contributed by atoms with Crippen molar-refractivity contribution in [2.24, 2.45) is 5.92 Å². The van der Waals surface area contributed by atoms with Crippen molar-refractivity contribution in [2.45, 2.75) is 26.9 Å². The van der Waals surface area contributed by atoms with Gasteiger partial charge in [0, 0.05) is 10.9 Å². The molecule has 1 aliphatic heterocycles. The van der Waals surface area contributed by atoms with Crippen molar-refractivity contribution in [3.05, 3.63) is 88.5 Å². The zero-order chi connectivity index (χ0) is 22.4. The lowest BCUT2D eigenvalue weighted by Crippen LogP contribution is -2.51. The number of carbonyl (C=O) groups is 1. The third-order valence-electron chi connectivity index (χ3n) is 6.20. The molecule has 0 bridgehead atoms. The van der Waals surface area contributed by atoms with E-state index in [4.69, 9.17) is 4.74 Å². The number of hydroxylamine groups is 1. The maximum absolute atomic E-state index is 13.1. The van der Waals surface area contributed by atoms with Crippen LogP contribution in [0.25, 0.3) is 22.0 Å². The predicted molar refractivity (Wildman–Crippen MR) is 125 cm³/mol. The van der Waals surface area contributed by atoms with Crippen molar-refractivity contribution in [3.63, 3.8) is 0 Å². The molecule has 5 rings (SSSR count). The zero-order valence-corrected chi connectivity index (χ0v) is 18.3. The van der Waals surface area contributed by atoms with Crippen molar-refractivity contribution in [3.8, 4) is 11.1 Å². The first kappa shape index (κ1) is 20.1. The lowest BCUT2D eigenvalue weighted by molar-refractivity contribution is -0.518. The molecule has 2 N–H and O–H groups in total. The average molecular weight is 428 g/mol. The lowest BCUT2D eigenvalue weighted by Gasteiger charge is -2.29. The maximum atomic E-state index is 13.1. The van der Waals surface area contributed by atoms with Crippen LogP contribution in [0.4, 0.5) is 0 Å². The fourth-order valence-corrected chi connectivity index (χ4v) is 4.60. The van der Waals surface area contributed by atoms with E-state index in [1.165, 1.54) is 11.1 Å². The predicted octanol–water partition coefficient (Wildman–Crippen LogP) is 4.58. The van der Waals surface area contributed by atoms with Gasteiger partial charge in [0.1, 0.15) is 5.69 Å². The van der Waals surface area contributed by atoms with Gasteiger partial charge >= 0.3 is 0 Å². The molecule has 2 atom stereocenters. The van der Waals surface area contributed by atoms with E-state index in [9.17, 15) is 10.0 Å². The summed E-state index contributed by atoms with van der Waals surface area (Å²) >= 11 is 0. The highest BCUT2D eigenvalue weighted by atomic mass is 16.5. The van der Waals surface area contributed by atoms with Crippen molar-refractivity contribution in [1.29, 1.82) is 0 Å². The van der Waals surface area contributed by atoms with Crippen LogP contribution in [0.5, 0.6) is 0 Å². The number of carbonyl (C=O) groups excluding carboxylic acids is 1. The van der Waals surface area contributed by atoms with E-state index in [0.29, 0.717) is 17.2 Å². The van der Waals surface area contributed by atoms with E-state index in [1.54, 1.807) is 6.08 Å². The van der Waals surface area contributed by atoms with E-state index in [-0.39, 0.29) is 18.4 Å². The van der Waals surface area contributed by atoms with Gasteiger partial charge in [0.25, 0.3) is 12.1 Å². The van der Waals surface area contributed by atoms with Crippen LogP contribution in [-0.4, -0.2) is 34.1 Å². The van der Waals surface area contributed by atoms with Gasteiger partial charge in [-0.2, -0.15) is 4.74 Å². The summed E-state index contributed by atoms with van der Waals surface area (Å²) in [4.78, 5) is 16.3. The second kappa shape index (κ2) is 7.71. The number of hydrogen-bond donors (Lipinski definition) is 2. The highest BCUT2D eigenvalue weighted by Gasteiger charge is 2.36. The van der Waals surface area contributed by atoms with Crippen LogP contribution in [0.1, 0.15) is 28.5 Å². The smallest absolute Gasteiger partial charge is 0.273 e. The first-order chi connectivity index (χ1) is 15.4. The number of aromatic amines is 1. The molecule has 0 saturated carbocycles. The molecule has 2 unspecified atom stereocenters. The molecule has 1 aliphatic carbocycles. The Morgan fingerprint density at radius 3 is 2.72 bits per heavy atom. The Balaban J connectivity index is 1.47. The molecule has 0 fully saturated rings. The number of hydrogen-bond acceptors (Lipinski definition) is 3. The van der Waals surface area contributed by atoms with Crippen LogP contribution < -0.4 is 5.32 Å². The number of fused-ring (bicyclic) bond motifs is 2. The lowest BCUT2D eigenvalue weighted by atomic mass is 9.94. The molecule has 1 amide bonds. The second-order valence-corrected chi connectivity index (χ2v) is 8.44. The fraction of sp³-hybridized carbons (Fsp3) is 0.231. The number of rotatable bonds is 3. The molecule has 32 heavy (non-hydrogen) atoms. The van der Waals surface area contributed by atoms with Gasteiger partial charge in [0.2, 0.25) is 5.71 Å². The highest BCUT2D eigenvalue weighted by Crippen LogP contribution is 2.33. The Kier molecular flexibility index (Phi) is 4.85. The van der Waals surface area contributed by atoms with Crippen molar-refractivity contribution >= 4 is 22.5 Å². The average Bonchev–Trinajstić information content (AvgIpc) is 3.21. The Labute approximate surface area is 186 Å². The number of nitrogens with one attached hydrogen (secondary N) is 2. The summed E-state index contributed by atoms with van der Waals surface area (Å²) in [7, 11) is 0. The first-order valence-corrected chi connectivity index (χ1v) is 10.8. The Bertz CT molecular complexity index is 1310. The number of nitrogens with zero attached hydrogens (tertiary/aromatic N) is 1. The summed E-state index contributed by atoms with van der Waals surface area (Å²) in [5.41, 5.74) is 6.42. The summed E-state index contributed by atoms with van der Waals surface area (Å²) in [5, 5.41) is 16.7. The highest BCUT2D eigenvalue weighted by molar-refractivity contribution is 6.03. The number of aromatic nitrogens is 1. The number of ether oxygens (including phenoxy) is 1. The molecule has 2 heterocycles. The van der Waals surface area contributed by atoms with E-state index >= 15 is 0 Å². The standard InChI is InChI=1S/C26H25N3O3/c1-15-7-4-8-16(2)23(15)19-11-6-10-18-13-20(27-24(18)19)26(30)28-22-14-32-21-12-5-9-17(3)25(21)29(22)31/h4-13,17,22,27H,14H2,1-3H3,(H,28,30). The number of para-hydroxylation sites is 1. The SMILES string of the molecule is Cc1cccc(C)c1-c1cccc2cc(C(=O)NC3COC4=CC=CC(C)C4=[N+]3[O-])[nH]c12. The normalized spacial score (nSPS) is 20.0. The third-order valence-corrected chi connectivity index (χ3v) is 6.20. The van der Waals surface area contributed by atoms with Gasteiger partial charge in [-0.3, -0.25) is 10.1 Å². The summed E-state index contributed by atoms with van der Waals surface area (Å²) in [6.45, 7) is 6.21. The van der Waals surface area contributed by atoms with Crippen molar-refractivity contribution < 1.29 is 14.3 Å². The number of benzene rings is 2. The summed E-state index contributed by atoms with van der Waals surface area (Å²) in [6, 6.07) is 14.1. The molecular formula is C26H25N3O3. The summed E-state index contributed by atoms with van der Waals surface area (Å²) in [6.07, 6.45) is 4.82. The zero-order valence-electron chi connectivity index (χ0n) is 18.3. The molecule has 0 spiro atoms. The van der Waals surface area contributed by atoms with E-state index in [0.717, 1.165) is 26.8 Å². The molecule has 0 saturated heterocycles. The third kappa shape index (κ3) is 3.28. The van der Waals surface area contributed by atoms with E-state index < -0.39 is 6.17 Å². The van der Waals surface area contributed by atoms with Gasteiger partial charge in [-0.25, -0.2) is 0 Å². The minimum Gasteiger partial charge on any atom is -0.622 e. The Morgan fingerprint density at radius 2 is 1.94 bits per heavy atom. The molecule has 162 valence electrons. The molecule has 6 nitrogen and oxygen atoms in total. The van der Waals surface area contributed by atoms with Gasteiger partial charge in [0.15, 0.2) is 12.4 Å². The molecule has 2 aromatic carbocycles. The monoisotopic (exact) mass is 427 g/mol. The van der Waals surface area contributed by atoms with Gasteiger partial charge in [-0.15, -0.1) is 0 Å². The molecule has 0 radical (unpaired) electrons. The summed E-state index contributed by atoms with van der Waals surface area (Å²) in [5.74, 6) is 0.166. The van der Waals surface area contributed by atoms with Crippen LogP contribution in [0.15, 0.2) is 66.5 Å². The number of aryl methyl sites for hydroxylation is 2. The van der Waals surface area contributed by atoms with Crippen LogP contribution in [0.3, 0.4) is 0 Å². The quantitative estimate of drug-likeness (QED) is 0.474. The Morgan fingerprint density at radius 1 is 1.19 bits per heavy atom. The summed E-state index contributed by atoms with van der Waals surface area (Å²) < 4.78 is 6.61. The molecule has 6 heteroatoms. The van der Waals surface area contributed by atoms with E-state index in [2.05, 4.69) is 42.3 Å². The second-order valence-electron chi connectivity index (χ2n) is 8.44. The number of amides is 1. The Hall–Kier alpha value is -3.80.